The highest BCUT2D eigenvalue weighted by Gasteiger charge is 2.28. The summed E-state index contributed by atoms with van der Waals surface area (Å²) in [5.74, 6) is 0. The van der Waals surface area contributed by atoms with Gasteiger partial charge in [-0.3, -0.25) is 0 Å². The summed E-state index contributed by atoms with van der Waals surface area (Å²) in [5, 5.41) is 0. The third kappa shape index (κ3) is 2.07. The van der Waals surface area contributed by atoms with Crippen LogP contribution in [0.25, 0.3) is 0 Å². The minimum atomic E-state index is 0.436. The van der Waals surface area contributed by atoms with Crippen LogP contribution in [0.2, 0.25) is 0 Å². The van der Waals surface area contributed by atoms with Crippen LogP contribution in [0.4, 0.5) is 5.69 Å². The molecule has 2 heteroatoms. The van der Waals surface area contributed by atoms with Gasteiger partial charge in [-0.25, -0.2) is 0 Å². The monoisotopic (exact) mass is 218 g/mol. The Balaban J connectivity index is 2.27. The molecule has 1 aromatic rings. The first-order chi connectivity index (χ1) is 7.74. The highest BCUT2D eigenvalue weighted by Crippen LogP contribution is 2.32. The van der Waals surface area contributed by atoms with E-state index < -0.39 is 0 Å². The lowest BCUT2D eigenvalue weighted by atomic mass is 9.89. The summed E-state index contributed by atoms with van der Waals surface area (Å²) in [6, 6.07) is 9.78. The fourth-order valence-corrected chi connectivity index (χ4v) is 2.43. The SMILES string of the molecule is Cc1ccccc1N(C(C)CN)C1CCC1. The van der Waals surface area contributed by atoms with Crippen LogP contribution < -0.4 is 10.6 Å². The van der Waals surface area contributed by atoms with Gasteiger partial charge in [0.15, 0.2) is 0 Å². The van der Waals surface area contributed by atoms with Crippen LogP contribution in [-0.2, 0) is 0 Å². The average Bonchev–Trinajstić information content (AvgIpc) is 2.23. The molecule has 0 heterocycles. The van der Waals surface area contributed by atoms with Crippen molar-refractivity contribution in [3.8, 4) is 0 Å². The Morgan fingerprint density at radius 3 is 2.56 bits per heavy atom. The van der Waals surface area contributed by atoms with Crippen molar-refractivity contribution in [2.75, 3.05) is 11.4 Å². The molecule has 16 heavy (non-hydrogen) atoms. The Bertz CT molecular complexity index is 340. The Labute approximate surface area is 98.4 Å². The number of benzene rings is 1. The first-order valence-electron chi connectivity index (χ1n) is 6.28. The van der Waals surface area contributed by atoms with E-state index in [4.69, 9.17) is 5.73 Å². The fraction of sp³-hybridized carbons (Fsp3) is 0.571. The van der Waals surface area contributed by atoms with Crippen LogP contribution in [0.3, 0.4) is 0 Å². The van der Waals surface area contributed by atoms with Crippen molar-refractivity contribution in [1.82, 2.24) is 0 Å². The Morgan fingerprint density at radius 2 is 2.06 bits per heavy atom. The standard InChI is InChI=1S/C14H22N2/c1-11-6-3-4-9-14(11)16(12(2)10-15)13-7-5-8-13/h3-4,6,9,12-13H,5,7-8,10,15H2,1-2H3. The molecule has 88 valence electrons. The van der Waals surface area contributed by atoms with E-state index in [2.05, 4.69) is 43.0 Å². The minimum Gasteiger partial charge on any atom is -0.364 e. The molecule has 1 unspecified atom stereocenters. The molecule has 2 N–H and O–H groups in total. The second-order valence-electron chi connectivity index (χ2n) is 4.86. The highest BCUT2D eigenvalue weighted by atomic mass is 15.2. The zero-order valence-electron chi connectivity index (χ0n) is 10.3. The van der Waals surface area contributed by atoms with Gasteiger partial charge in [-0.15, -0.1) is 0 Å². The van der Waals surface area contributed by atoms with Crippen LogP contribution >= 0.6 is 0 Å². The van der Waals surface area contributed by atoms with Crippen molar-refractivity contribution >= 4 is 5.69 Å². The summed E-state index contributed by atoms with van der Waals surface area (Å²) in [6.45, 7) is 5.14. The third-order valence-corrected chi connectivity index (χ3v) is 3.68. The number of rotatable bonds is 4. The van der Waals surface area contributed by atoms with Crippen molar-refractivity contribution in [3.05, 3.63) is 29.8 Å². The van der Waals surface area contributed by atoms with Gasteiger partial charge < -0.3 is 10.6 Å². The molecule has 0 saturated heterocycles. The maximum atomic E-state index is 5.84. The lowest BCUT2D eigenvalue weighted by Gasteiger charge is -2.43. The molecule has 0 spiro atoms. The number of hydrogen-bond donors (Lipinski definition) is 1. The van der Waals surface area contributed by atoms with E-state index in [1.807, 2.05) is 0 Å². The molecule has 0 amide bonds. The Kier molecular flexibility index (Phi) is 3.49. The van der Waals surface area contributed by atoms with Gasteiger partial charge in [0.05, 0.1) is 0 Å². The molecule has 1 saturated carbocycles. The summed E-state index contributed by atoms with van der Waals surface area (Å²) >= 11 is 0. The predicted octanol–water partition coefficient (Wildman–Crippen LogP) is 2.70. The lowest BCUT2D eigenvalue weighted by Crippen LogP contribution is -2.48. The van der Waals surface area contributed by atoms with Gasteiger partial charge in [0.2, 0.25) is 0 Å². The maximum Gasteiger partial charge on any atom is 0.0401 e. The maximum absolute atomic E-state index is 5.84. The number of nitrogens with two attached hydrogens (primary N) is 1. The second-order valence-corrected chi connectivity index (χ2v) is 4.86. The number of hydrogen-bond acceptors (Lipinski definition) is 2. The zero-order chi connectivity index (χ0) is 11.5. The van der Waals surface area contributed by atoms with Crippen molar-refractivity contribution in [2.24, 2.45) is 5.73 Å². The van der Waals surface area contributed by atoms with Gasteiger partial charge >= 0.3 is 0 Å². The van der Waals surface area contributed by atoms with Gasteiger partial charge in [-0.2, -0.15) is 0 Å². The molecule has 1 atom stereocenters. The van der Waals surface area contributed by atoms with Gasteiger partial charge in [0, 0.05) is 24.3 Å². The zero-order valence-corrected chi connectivity index (χ0v) is 10.3. The molecule has 2 rings (SSSR count). The largest absolute Gasteiger partial charge is 0.364 e. The van der Waals surface area contributed by atoms with E-state index in [9.17, 15) is 0 Å². The average molecular weight is 218 g/mol. The quantitative estimate of drug-likeness (QED) is 0.842. The number of nitrogens with zero attached hydrogens (tertiary/aromatic N) is 1. The third-order valence-electron chi connectivity index (χ3n) is 3.68. The van der Waals surface area contributed by atoms with Crippen LogP contribution in [0.15, 0.2) is 24.3 Å². The summed E-state index contributed by atoms with van der Waals surface area (Å²) < 4.78 is 0. The van der Waals surface area contributed by atoms with Gasteiger partial charge in [0.1, 0.15) is 0 Å². The summed E-state index contributed by atoms with van der Waals surface area (Å²) in [6.07, 6.45) is 4.00. The first-order valence-corrected chi connectivity index (χ1v) is 6.28. The van der Waals surface area contributed by atoms with E-state index in [1.165, 1.54) is 30.5 Å². The van der Waals surface area contributed by atoms with Gasteiger partial charge in [-0.05, 0) is 44.7 Å². The molecular formula is C14H22N2. The minimum absolute atomic E-state index is 0.436. The van der Waals surface area contributed by atoms with Crippen LogP contribution in [0, 0.1) is 6.92 Å². The van der Waals surface area contributed by atoms with Crippen LogP contribution in [-0.4, -0.2) is 18.6 Å². The molecule has 0 radical (unpaired) electrons. The Hall–Kier alpha value is -1.02. The summed E-state index contributed by atoms with van der Waals surface area (Å²) in [5.41, 5.74) is 8.56. The fourth-order valence-electron chi connectivity index (χ4n) is 2.43. The van der Waals surface area contributed by atoms with Gasteiger partial charge in [0.25, 0.3) is 0 Å². The molecule has 1 fully saturated rings. The smallest absolute Gasteiger partial charge is 0.0401 e. The van der Waals surface area contributed by atoms with E-state index in [-0.39, 0.29) is 0 Å². The molecule has 1 aromatic carbocycles. The lowest BCUT2D eigenvalue weighted by molar-refractivity contribution is 0.364. The van der Waals surface area contributed by atoms with Crippen molar-refractivity contribution in [3.63, 3.8) is 0 Å². The Morgan fingerprint density at radius 1 is 1.38 bits per heavy atom. The van der Waals surface area contributed by atoms with Crippen LogP contribution in [0.5, 0.6) is 0 Å². The molecule has 0 aromatic heterocycles. The van der Waals surface area contributed by atoms with E-state index in [1.54, 1.807) is 0 Å². The molecule has 0 aliphatic heterocycles. The van der Waals surface area contributed by atoms with E-state index in [0.717, 1.165) is 6.54 Å². The number of para-hydroxylation sites is 1. The van der Waals surface area contributed by atoms with Crippen LogP contribution in [0.1, 0.15) is 31.7 Å². The van der Waals surface area contributed by atoms with Crippen molar-refractivity contribution in [2.45, 2.75) is 45.2 Å². The topological polar surface area (TPSA) is 29.3 Å². The summed E-state index contributed by atoms with van der Waals surface area (Å²) in [4.78, 5) is 2.53. The number of aryl methyl sites for hydroxylation is 1. The second kappa shape index (κ2) is 4.88. The van der Waals surface area contributed by atoms with E-state index >= 15 is 0 Å². The van der Waals surface area contributed by atoms with Crippen molar-refractivity contribution < 1.29 is 0 Å². The molecule has 0 bridgehead atoms. The molecule has 1 aliphatic carbocycles. The number of anilines is 1. The molecular weight excluding hydrogens is 196 g/mol. The first kappa shape index (κ1) is 11.5. The highest BCUT2D eigenvalue weighted by molar-refractivity contribution is 5.55. The molecule has 1 aliphatic rings. The normalized spacial score (nSPS) is 17.9. The van der Waals surface area contributed by atoms with Gasteiger partial charge in [-0.1, -0.05) is 18.2 Å². The summed E-state index contributed by atoms with van der Waals surface area (Å²) in [7, 11) is 0. The predicted molar refractivity (Wildman–Crippen MR) is 69.8 cm³/mol. The van der Waals surface area contributed by atoms with Crippen molar-refractivity contribution in [1.29, 1.82) is 0 Å². The molecule has 2 nitrogen and oxygen atoms in total. The van der Waals surface area contributed by atoms with E-state index in [0.29, 0.717) is 12.1 Å².